The SMILES string of the molecule is CCCCC1CCC(c2ccc(Oc3cc(N)c4c(c3O)C(=O)c3c(Nc5ccc(C(C)(C)C)cc5)cc(Oc5ccc(C6CCC(CCCC)CC6)cc5)c(O)c3C4=O)cc2)CC1. The molecule has 336 valence electrons. The van der Waals surface area contributed by atoms with Crippen LogP contribution in [-0.2, 0) is 5.41 Å². The number of nitrogens with two attached hydrogens (primary N) is 1. The number of phenolic OH excluding ortho intramolecular Hbond substituents is 2. The number of fused-ring (bicyclic) bond motifs is 2. The van der Waals surface area contributed by atoms with Crippen molar-refractivity contribution in [1.82, 2.24) is 0 Å². The second-order valence-corrected chi connectivity index (χ2v) is 19.8. The van der Waals surface area contributed by atoms with Crippen molar-refractivity contribution >= 4 is 28.6 Å². The molecular formula is C56H66N2O6. The number of anilines is 3. The van der Waals surface area contributed by atoms with Crippen LogP contribution in [0, 0.1) is 11.8 Å². The molecule has 64 heavy (non-hydrogen) atoms. The highest BCUT2D eigenvalue weighted by Gasteiger charge is 2.41. The van der Waals surface area contributed by atoms with E-state index in [4.69, 9.17) is 15.2 Å². The molecule has 8 heteroatoms. The van der Waals surface area contributed by atoms with Crippen LogP contribution in [0.2, 0.25) is 0 Å². The van der Waals surface area contributed by atoms with E-state index < -0.39 is 23.1 Å². The summed E-state index contributed by atoms with van der Waals surface area (Å²) in [5.41, 5.74) is 10.1. The number of carbonyl (C=O) groups is 2. The summed E-state index contributed by atoms with van der Waals surface area (Å²) in [6.45, 7) is 10.9. The third kappa shape index (κ3) is 9.52. The molecule has 0 amide bonds. The Morgan fingerprint density at radius 1 is 0.594 bits per heavy atom. The summed E-state index contributed by atoms with van der Waals surface area (Å²) in [6, 6.07) is 26.6. The first-order valence-corrected chi connectivity index (χ1v) is 23.9. The van der Waals surface area contributed by atoms with Crippen LogP contribution < -0.4 is 20.5 Å². The molecule has 3 aliphatic carbocycles. The zero-order valence-corrected chi connectivity index (χ0v) is 38.4. The minimum atomic E-state index is -0.711. The number of hydrogen-bond donors (Lipinski definition) is 4. The summed E-state index contributed by atoms with van der Waals surface area (Å²) in [5.74, 6) is 1.14. The van der Waals surface area contributed by atoms with Gasteiger partial charge in [-0.05, 0) is 134 Å². The zero-order chi connectivity index (χ0) is 45.1. The largest absolute Gasteiger partial charge is 0.504 e. The van der Waals surface area contributed by atoms with E-state index in [-0.39, 0.29) is 50.5 Å². The predicted molar refractivity (Wildman–Crippen MR) is 257 cm³/mol. The number of ether oxygens (including phenoxy) is 2. The fourth-order valence-corrected chi connectivity index (χ4v) is 10.4. The standard InChI is InChI=1S/C56H66N2O6/c1-6-8-10-34-12-16-36(17-13-34)38-20-28-42(29-21-38)63-46-32-44(57)48-50(52(46)59)55(62)49-45(58-41-26-24-40(25-27-41)56(3,4)5)33-47(53(60)51(49)54(48)61)64-43-30-22-39(23-31-43)37-18-14-35(15-19-37)11-9-7-2/h20-37,58-60H,6-19,57H2,1-5H3. The van der Waals surface area contributed by atoms with Crippen molar-refractivity contribution in [2.24, 2.45) is 11.8 Å². The summed E-state index contributed by atoms with van der Waals surface area (Å²) in [7, 11) is 0. The van der Waals surface area contributed by atoms with Gasteiger partial charge >= 0.3 is 0 Å². The lowest BCUT2D eigenvalue weighted by atomic mass is 9.77. The molecule has 0 saturated heterocycles. The molecule has 8 nitrogen and oxygen atoms in total. The van der Waals surface area contributed by atoms with Crippen LogP contribution in [0.5, 0.6) is 34.5 Å². The number of unbranched alkanes of at least 4 members (excludes halogenated alkanes) is 2. The van der Waals surface area contributed by atoms with Crippen molar-refractivity contribution in [3.63, 3.8) is 0 Å². The van der Waals surface area contributed by atoms with Crippen molar-refractivity contribution in [3.8, 4) is 34.5 Å². The normalized spacial score (nSPS) is 19.8. The van der Waals surface area contributed by atoms with Crippen molar-refractivity contribution < 1.29 is 29.3 Å². The molecule has 0 unspecified atom stereocenters. The molecule has 2 fully saturated rings. The van der Waals surface area contributed by atoms with Crippen molar-refractivity contribution in [2.45, 2.75) is 142 Å². The van der Waals surface area contributed by atoms with Gasteiger partial charge in [-0.15, -0.1) is 0 Å². The van der Waals surface area contributed by atoms with Gasteiger partial charge in [-0.2, -0.15) is 0 Å². The minimum absolute atomic E-state index is 0.00271. The van der Waals surface area contributed by atoms with Crippen LogP contribution >= 0.6 is 0 Å². The first-order valence-electron chi connectivity index (χ1n) is 23.9. The Bertz CT molecular complexity index is 2450. The quantitative estimate of drug-likeness (QED) is 0.0629. The fourth-order valence-electron chi connectivity index (χ4n) is 10.4. The van der Waals surface area contributed by atoms with Crippen LogP contribution in [0.3, 0.4) is 0 Å². The Hall–Kier alpha value is -5.76. The fraction of sp³-hybridized carbons (Fsp3) is 0.429. The van der Waals surface area contributed by atoms with Gasteiger partial charge in [0.2, 0.25) is 11.6 Å². The first-order chi connectivity index (χ1) is 30.8. The van der Waals surface area contributed by atoms with E-state index >= 15 is 0 Å². The number of ketones is 2. The summed E-state index contributed by atoms with van der Waals surface area (Å²) in [5, 5.41) is 27.0. The number of nitrogens with one attached hydrogen (secondary N) is 1. The molecule has 0 bridgehead atoms. The molecule has 0 aromatic heterocycles. The molecular weight excluding hydrogens is 797 g/mol. The van der Waals surface area contributed by atoms with Gasteiger partial charge in [0, 0.05) is 23.5 Å². The van der Waals surface area contributed by atoms with Gasteiger partial charge in [-0.25, -0.2) is 0 Å². The molecule has 5 aromatic carbocycles. The van der Waals surface area contributed by atoms with Crippen molar-refractivity contribution in [1.29, 1.82) is 0 Å². The summed E-state index contributed by atoms with van der Waals surface area (Å²) < 4.78 is 12.5. The maximum atomic E-state index is 14.8. The van der Waals surface area contributed by atoms with Crippen molar-refractivity contribution in [3.05, 3.63) is 124 Å². The lowest BCUT2D eigenvalue weighted by Gasteiger charge is -2.29. The smallest absolute Gasteiger partial charge is 0.200 e. The summed E-state index contributed by atoms with van der Waals surface area (Å²) >= 11 is 0. The van der Waals surface area contributed by atoms with Crippen LogP contribution in [0.4, 0.5) is 17.1 Å². The predicted octanol–water partition coefficient (Wildman–Crippen LogP) is 15.0. The van der Waals surface area contributed by atoms with Gasteiger partial charge in [0.15, 0.2) is 23.0 Å². The third-order valence-electron chi connectivity index (χ3n) is 14.3. The van der Waals surface area contributed by atoms with Crippen LogP contribution in [-0.4, -0.2) is 21.8 Å². The van der Waals surface area contributed by atoms with E-state index in [9.17, 15) is 19.8 Å². The van der Waals surface area contributed by atoms with Crippen LogP contribution in [0.15, 0.2) is 84.9 Å². The highest BCUT2D eigenvalue weighted by Crippen LogP contribution is 2.50. The highest BCUT2D eigenvalue weighted by molar-refractivity contribution is 6.34. The molecule has 0 heterocycles. The average molecular weight is 863 g/mol. The summed E-state index contributed by atoms with van der Waals surface area (Å²) in [6.07, 6.45) is 17.4. The van der Waals surface area contributed by atoms with E-state index in [1.54, 1.807) is 0 Å². The topological polar surface area (TPSA) is 131 Å². The van der Waals surface area contributed by atoms with Gasteiger partial charge < -0.3 is 30.7 Å². The Morgan fingerprint density at radius 3 is 1.48 bits per heavy atom. The molecule has 2 saturated carbocycles. The molecule has 0 atom stereocenters. The van der Waals surface area contributed by atoms with E-state index in [1.807, 2.05) is 48.5 Å². The Kier molecular flexibility index (Phi) is 13.4. The molecule has 0 aliphatic heterocycles. The molecule has 8 rings (SSSR count). The Balaban J connectivity index is 1.08. The highest BCUT2D eigenvalue weighted by atomic mass is 16.5. The van der Waals surface area contributed by atoms with Crippen LogP contribution in [0.25, 0.3) is 0 Å². The number of benzene rings is 5. The number of hydrogen-bond acceptors (Lipinski definition) is 8. The number of aromatic hydroxyl groups is 2. The van der Waals surface area contributed by atoms with Gasteiger partial charge in [-0.3, -0.25) is 9.59 Å². The number of phenols is 2. The maximum Gasteiger partial charge on any atom is 0.200 e. The first kappa shape index (κ1) is 44.8. The van der Waals surface area contributed by atoms with Crippen molar-refractivity contribution in [2.75, 3.05) is 11.1 Å². The van der Waals surface area contributed by atoms with Crippen LogP contribution in [0.1, 0.15) is 185 Å². The Morgan fingerprint density at radius 2 is 1.03 bits per heavy atom. The van der Waals surface area contributed by atoms with E-state index in [2.05, 4.69) is 64.2 Å². The van der Waals surface area contributed by atoms with Gasteiger partial charge in [-0.1, -0.05) is 110 Å². The number of nitrogen functional groups attached to an aromatic ring is 1. The third-order valence-corrected chi connectivity index (χ3v) is 14.3. The minimum Gasteiger partial charge on any atom is -0.504 e. The number of carbonyl (C=O) groups excluding carboxylic acids is 2. The lowest BCUT2D eigenvalue weighted by molar-refractivity contribution is 0.0974. The Labute approximate surface area is 379 Å². The summed E-state index contributed by atoms with van der Waals surface area (Å²) in [4.78, 5) is 29.4. The van der Waals surface area contributed by atoms with Gasteiger partial charge in [0.1, 0.15) is 11.5 Å². The number of rotatable bonds is 14. The zero-order valence-electron chi connectivity index (χ0n) is 38.4. The molecule has 3 aliphatic rings. The van der Waals surface area contributed by atoms with E-state index in [1.165, 1.54) is 113 Å². The average Bonchev–Trinajstić information content (AvgIpc) is 3.29. The van der Waals surface area contributed by atoms with Gasteiger partial charge in [0.25, 0.3) is 0 Å². The second-order valence-electron chi connectivity index (χ2n) is 19.8. The molecule has 5 N–H and O–H groups in total. The molecule has 0 radical (unpaired) electrons. The van der Waals surface area contributed by atoms with Gasteiger partial charge in [0.05, 0.1) is 27.9 Å². The maximum absolute atomic E-state index is 14.8. The second kappa shape index (κ2) is 19.1. The molecule has 5 aromatic rings. The van der Waals surface area contributed by atoms with E-state index in [0.717, 1.165) is 17.4 Å². The van der Waals surface area contributed by atoms with E-state index in [0.29, 0.717) is 29.0 Å². The monoisotopic (exact) mass is 862 g/mol. The lowest BCUT2D eigenvalue weighted by Crippen LogP contribution is -2.24. The molecule has 0 spiro atoms.